The monoisotopic (exact) mass is 286 g/mol. The van der Waals surface area contributed by atoms with E-state index in [9.17, 15) is 18.0 Å². The first kappa shape index (κ1) is 13.4. The molecule has 1 heterocycles. The summed E-state index contributed by atoms with van der Waals surface area (Å²) < 4.78 is 39.5. The molecule has 0 aliphatic rings. The van der Waals surface area contributed by atoms with Gasteiger partial charge in [0, 0.05) is 18.3 Å². The largest absolute Gasteiger partial charge is 0.319 e. The van der Waals surface area contributed by atoms with Crippen molar-refractivity contribution in [3.63, 3.8) is 0 Å². The second-order valence-corrected chi connectivity index (χ2v) is 3.90. The molecule has 19 heavy (non-hydrogen) atoms. The van der Waals surface area contributed by atoms with E-state index in [0.29, 0.717) is 12.1 Å². The van der Waals surface area contributed by atoms with Gasteiger partial charge in [-0.25, -0.2) is 18.2 Å². The summed E-state index contributed by atoms with van der Waals surface area (Å²) in [6.45, 7) is 0. The van der Waals surface area contributed by atoms with Gasteiger partial charge in [0.05, 0.1) is 5.69 Å². The van der Waals surface area contributed by atoms with E-state index in [1.54, 1.807) is 0 Å². The molecule has 1 aromatic heterocycles. The third-order valence-electron chi connectivity index (χ3n) is 2.24. The lowest BCUT2D eigenvalue weighted by Gasteiger charge is -2.08. The Bertz CT molecular complexity index is 626. The van der Waals surface area contributed by atoms with E-state index in [4.69, 9.17) is 11.6 Å². The fourth-order valence-electron chi connectivity index (χ4n) is 1.42. The van der Waals surface area contributed by atoms with E-state index in [1.165, 1.54) is 18.3 Å². The summed E-state index contributed by atoms with van der Waals surface area (Å²) in [5, 5.41) is 2.16. The predicted octanol–water partition coefficient (Wildman–Crippen LogP) is 3.40. The van der Waals surface area contributed by atoms with Crippen LogP contribution in [0.2, 0.25) is 5.15 Å². The van der Waals surface area contributed by atoms with Crippen LogP contribution in [0.1, 0.15) is 10.4 Å². The van der Waals surface area contributed by atoms with Crippen molar-refractivity contribution in [2.75, 3.05) is 5.32 Å². The molecule has 0 fully saturated rings. The van der Waals surface area contributed by atoms with Crippen molar-refractivity contribution in [3.8, 4) is 0 Å². The van der Waals surface area contributed by atoms with Gasteiger partial charge in [0.25, 0.3) is 5.91 Å². The van der Waals surface area contributed by atoms with Gasteiger partial charge in [-0.3, -0.25) is 4.79 Å². The fraction of sp³-hybridized carbons (Fsp3) is 0. The number of aromatic nitrogens is 1. The standard InChI is InChI=1S/C12H6ClF3N2O/c13-11-9(2-1-3-17-11)18-12(19)10-7(15)4-6(14)5-8(10)16/h1-5H,(H,18,19). The van der Waals surface area contributed by atoms with Gasteiger partial charge >= 0.3 is 0 Å². The number of rotatable bonds is 2. The average molecular weight is 287 g/mol. The summed E-state index contributed by atoms with van der Waals surface area (Å²) in [6.07, 6.45) is 1.39. The zero-order valence-electron chi connectivity index (χ0n) is 9.25. The number of benzene rings is 1. The predicted molar refractivity (Wildman–Crippen MR) is 63.5 cm³/mol. The van der Waals surface area contributed by atoms with Crippen LogP contribution in [0.25, 0.3) is 0 Å². The molecular weight excluding hydrogens is 281 g/mol. The number of carbonyl (C=O) groups excluding carboxylic acids is 1. The SMILES string of the molecule is O=C(Nc1cccnc1Cl)c1c(F)cc(F)cc1F. The second-order valence-electron chi connectivity index (χ2n) is 3.54. The quantitative estimate of drug-likeness (QED) is 0.860. The Hall–Kier alpha value is -2.08. The summed E-state index contributed by atoms with van der Waals surface area (Å²) in [7, 11) is 0. The summed E-state index contributed by atoms with van der Waals surface area (Å²) in [5.74, 6) is -4.78. The van der Waals surface area contributed by atoms with Gasteiger partial charge in [-0.15, -0.1) is 0 Å². The normalized spacial score (nSPS) is 10.3. The van der Waals surface area contributed by atoms with Gasteiger partial charge in [-0.2, -0.15) is 0 Å². The van der Waals surface area contributed by atoms with Crippen LogP contribution in [0.15, 0.2) is 30.5 Å². The summed E-state index contributed by atoms with van der Waals surface area (Å²) in [5.41, 5.74) is -0.793. The first-order valence-electron chi connectivity index (χ1n) is 5.05. The van der Waals surface area contributed by atoms with Crippen molar-refractivity contribution < 1.29 is 18.0 Å². The summed E-state index contributed by atoms with van der Waals surface area (Å²) in [4.78, 5) is 15.4. The van der Waals surface area contributed by atoms with Crippen LogP contribution in [0, 0.1) is 17.5 Å². The lowest BCUT2D eigenvalue weighted by atomic mass is 10.1. The maximum Gasteiger partial charge on any atom is 0.261 e. The van der Waals surface area contributed by atoms with Crippen LogP contribution < -0.4 is 5.32 Å². The van der Waals surface area contributed by atoms with Crippen molar-refractivity contribution in [2.24, 2.45) is 0 Å². The number of nitrogens with one attached hydrogen (secondary N) is 1. The lowest BCUT2D eigenvalue weighted by molar-refractivity contribution is 0.101. The van der Waals surface area contributed by atoms with E-state index >= 15 is 0 Å². The Balaban J connectivity index is 2.34. The number of hydrogen-bond acceptors (Lipinski definition) is 2. The van der Waals surface area contributed by atoms with Crippen molar-refractivity contribution in [1.82, 2.24) is 4.98 Å². The third kappa shape index (κ3) is 2.85. The number of carbonyl (C=O) groups is 1. The van der Waals surface area contributed by atoms with Gasteiger partial charge in [0.15, 0.2) is 5.15 Å². The average Bonchev–Trinajstić information content (AvgIpc) is 2.30. The molecule has 1 N–H and O–H groups in total. The van der Waals surface area contributed by atoms with Gasteiger partial charge in [-0.05, 0) is 12.1 Å². The molecule has 7 heteroatoms. The highest BCUT2D eigenvalue weighted by Crippen LogP contribution is 2.21. The molecule has 2 aromatic rings. The minimum atomic E-state index is -1.30. The van der Waals surface area contributed by atoms with Crippen LogP contribution >= 0.6 is 11.6 Å². The zero-order valence-corrected chi connectivity index (χ0v) is 10.0. The van der Waals surface area contributed by atoms with E-state index in [0.717, 1.165) is 0 Å². The summed E-state index contributed by atoms with van der Waals surface area (Å²) >= 11 is 5.69. The number of pyridine rings is 1. The molecule has 0 bridgehead atoms. The number of hydrogen-bond donors (Lipinski definition) is 1. The molecule has 0 saturated heterocycles. The van der Waals surface area contributed by atoms with Gasteiger partial charge < -0.3 is 5.32 Å². The van der Waals surface area contributed by atoms with E-state index in [1.807, 2.05) is 0 Å². The Kier molecular flexibility index (Phi) is 3.71. The van der Waals surface area contributed by atoms with Crippen LogP contribution in [-0.2, 0) is 0 Å². The van der Waals surface area contributed by atoms with Crippen LogP contribution in [-0.4, -0.2) is 10.9 Å². The topological polar surface area (TPSA) is 42.0 Å². The lowest BCUT2D eigenvalue weighted by Crippen LogP contribution is -2.16. The van der Waals surface area contributed by atoms with Crippen LogP contribution in [0.5, 0.6) is 0 Å². The molecule has 0 saturated carbocycles. The number of nitrogens with zero attached hydrogens (tertiary/aromatic N) is 1. The fourth-order valence-corrected chi connectivity index (χ4v) is 1.59. The molecule has 1 amide bonds. The van der Waals surface area contributed by atoms with Crippen molar-refractivity contribution in [3.05, 3.63) is 58.6 Å². The maximum atomic E-state index is 13.4. The molecule has 0 spiro atoms. The Morgan fingerprint density at radius 2 is 1.84 bits per heavy atom. The second kappa shape index (κ2) is 5.27. The summed E-state index contributed by atoms with van der Waals surface area (Å²) in [6, 6.07) is 3.73. The molecule has 1 aromatic carbocycles. The van der Waals surface area contributed by atoms with Crippen LogP contribution in [0.4, 0.5) is 18.9 Å². The Labute approximate surface area is 111 Å². The van der Waals surface area contributed by atoms with E-state index in [-0.39, 0.29) is 10.8 Å². The molecule has 0 atom stereocenters. The van der Waals surface area contributed by atoms with E-state index < -0.39 is 28.9 Å². The van der Waals surface area contributed by atoms with E-state index in [2.05, 4.69) is 10.3 Å². The highest BCUT2D eigenvalue weighted by Gasteiger charge is 2.19. The van der Waals surface area contributed by atoms with Crippen molar-refractivity contribution in [1.29, 1.82) is 0 Å². The van der Waals surface area contributed by atoms with Crippen molar-refractivity contribution in [2.45, 2.75) is 0 Å². The smallest absolute Gasteiger partial charge is 0.261 e. The molecular formula is C12H6ClF3N2O. The molecule has 0 unspecified atom stereocenters. The number of anilines is 1. The highest BCUT2D eigenvalue weighted by atomic mass is 35.5. The molecule has 0 aliphatic heterocycles. The first-order chi connectivity index (χ1) is 8.99. The molecule has 0 radical (unpaired) electrons. The third-order valence-corrected chi connectivity index (χ3v) is 2.54. The molecule has 98 valence electrons. The minimum Gasteiger partial charge on any atom is -0.319 e. The first-order valence-corrected chi connectivity index (χ1v) is 5.43. The van der Waals surface area contributed by atoms with Gasteiger partial charge in [-0.1, -0.05) is 11.6 Å². The molecule has 3 nitrogen and oxygen atoms in total. The number of halogens is 4. The van der Waals surface area contributed by atoms with Crippen molar-refractivity contribution >= 4 is 23.2 Å². The Morgan fingerprint density at radius 3 is 2.42 bits per heavy atom. The minimum absolute atomic E-state index is 0.0289. The van der Waals surface area contributed by atoms with Gasteiger partial charge in [0.1, 0.15) is 23.0 Å². The maximum absolute atomic E-state index is 13.4. The van der Waals surface area contributed by atoms with Gasteiger partial charge in [0.2, 0.25) is 0 Å². The van der Waals surface area contributed by atoms with Crippen LogP contribution in [0.3, 0.4) is 0 Å². The highest BCUT2D eigenvalue weighted by molar-refractivity contribution is 6.32. The molecule has 2 rings (SSSR count). The molecule has 0 aliphatic carbocycles. The zero-order chi connectivity index (χ0) is 14.0. The Morgan fingerprint density at radius 1 is 1.21 bits per heavy atom. The number of amides is 1.